The first-order chi connectivity index (χ1) is 8.47. The van der Waals surface area contributed by atoms with Gasteiger partial charge in [-0.15, -0.1) is 0 Å². The lowest BCUT2D eigenvalue weighted by Gasteiger charge is -2.24. The third-order valence-electron chi connectivity index (χ3n) is 3.07. The molecule has 0 saturated carbocycles. The van der Waals surface area contributed by atoms with E-state index in [0.29, 0.717) is 24.2 Å². The smallest absolute Gasteiger partial charge is 0.223 e. The fourth-order valence-corrected chi connectivity index (χ4v) is 1.72. The molecule has 1 N–H and O–H groups in total. The molecular formula is C15H32N2O. The van der Waals surface area contributed by atoms with E-state index in [1.807, 2.05) is 0 Å². The van der Waals surface area contributed by atoms with Crippen LogP contribution in [-0.2, 0) is 4.79 Å². The number of hydrogen-bond acceptors (Lipinski definition) is 2. The molecule has 0 aliphatic heterocycles. The zero-order valence-corrected chi connectivity index (χ0v) is 13.0. The highest BCUT2D eigenvalue weighted by Crippen LogP contribution is 2.07. The molecule has 0 unspecified atom stereocenters. The zero-order chi connectivity index (χ0) is 14.0. The van der Waals surface area contributed by atoms with E-state index >= 15 is 0 Å². The van der Waals surface area contributed by atoms with Crippen LogP contribution in [0.25, 0.3) is 0 Å². The van der Waals surface area contributed by atoms with Crippen molar-refractivity contribution in [3.63, 3.8) is 0 Å². The third-order valence-corrected chi connectivity index (χ3v) is 3.07. The van der Waals surface area contributed by atoms with Crippen LogP contribution in [0.3, 0.4) is 0 Å². The molecule has 0 bridgehead atoms. The van der Waals surface area contributed by atoms with Crippen molar-refractivity contribution >= 4 is 5.91 Å². The van der Waals surface area contributed by atoms with Gasteiger partial charge in [-0.05, 0) is 31.2 Å². The fourth-order valence-electron chi connectivity index (χ4n) is 1.72. The minimum atomic E-state index is 0.303. The van der Waals surface area contributed by atoms with Crippen molar-refractivity contribution in [2.75, 3.05) is 26.2 Å². The summed E-state index contributed by atoms with van der Waals surface area (Å²) in [7, 11) is 0. The lowest BCUT2D eigenvalue weighted by molar-refractivity contribution is -0.131. The Morgan fingerprint density at radius 2 is 1.56 bits per heavy atom. The van der Waals surface area contributed by atoms with Gasteiger partial charge in [0.05, 0.1) is 0 Å². The largest absolute Gasteiger partial charge is 0.343 e. The Kier molecular flexibility index (Phi) is 10.0. The number of amides is 1. The molecule has 0 aromatic carbocycles. The highest BCUT2D eigenvalue weighted by atomic mass is 16.2. The van der Waals surface area contributed by atoms with Crippen LogP contribution in [0.5, 0.6) is 0 Å². The van der Waals surface area contributed by atoms with Crippen molar-refractivity contribution in [2.45, 2.75) is 53.9 Å². The van der Waals surface area contributed by atoms with Gasteiger partial charge in [0, 0.05) is 26.1 Å². The molecule has 1 amide bonds. The van der Waals surface area contributed by atoms with Gasteiger partial charge in [-0.3, -0.25) is 4.79 Å². The van der Waals surface area contributed by atoms with Gasteiger partial charge in [0.25, 0.3) is 0 Å². The van der Waals surface area contributed by atoms with Crippen LogP contribution in [0.15, 0.2) is 0 Å². The van der Waals surface area contributed by atoms with E-state index in [1.165, 1.54) is 0 Å². The van der Waals surface area contributed by atoms with Crippen molar-refractivity contribution in [3.05, 3.63) is 0 Å². The second-order valence-corrected chi connectivity index (χ2v) is 5.85. The molecule has 0 aliphatic rings. The molecule has 0 atom stereocenters. The van der Waals surface area contributed by atoms with Crippen molar-refractivity contribution < 1.29 is 4.79 Å². The number of rotatable bonds is 10. The Morgan fingerprint density at radius 3 is 1.94 bits per heavy atom. The van der Waals surface area contributed by atoms with Gasteiger partial charge in [-0.2, -0.15) is 0 Å². The number of nitrogens with one attached hydrogen (secondary N) is 1. The Morgan fingerprint density at radius 1 is 1.06 bits per heavy atom. The number of carbonyl (C=O) groups excluding carboxylic acids is 1. The van der Waals surface area contributed by atoms with E-state index in [9.17, 15) is 4.79 Å². The molecule has 0 heterocycles. The SMILES string of the molecule is CCNCCC(=O)N(CCC(C)C)CCC(C)C. The summed E-state index contributed by atoms with van der Waals surface area (Å²) in [6.07, 6.45) is 2.83. The zero-order valence-electron chi connectivity index (χ0n) is 13.0. The van der Waals surface area contributed by atoms with Gasteiger partial charge >= 0.3 is 0 Å². The summed E-state index contributed by atoms with van der Waals surface area (Å²) in [5, 5.41) is 3.22. The molecule has 0 aromatic heterocycles. The van der Waals surface area contributed by atoms with E-state index in [1.54, 1.807) is 0 Å². The van der Waals surface area contributed by atoms with Gasteiger partial charge in [-0.1, -0.05) is 34.6 Å². The van der Waals surface area contributed by atoms with Crippen LogP contribution in [0, 0.1) is 11.8 Å². The second kappa shape index (κ2) is 10.4. The first-order valence-electron chi connectivity index (χ1n) is 7.45. The molecule has 0 aliphatic carbocycles. The summed E-state index contributed by atoms with van der Waals surface area (Å²) in [5.41, 5.74) is 0. The van der Waals surface area contributed by atoms with Gasteiger partial charge in [-0.25, -0.2) is 0 Å². The standard InChI is InChI=1S/C15H32N2O/c1-6-16-10-7-15(18)17(11-8-13(2)3)12-9-14(4)5/h13-14,16H,6-12H2,1-5H3. The summed E-state index contributed by atoms with van der Waals surface area (Å²) in [6.45, 7) is 14.5. The predicted octanol–water partition coefficient (Wildman–Crippen LogP) is 2.91. The predicted molar refractivity (Wildman–Crippen MR) is 78.7 cm³/mol. The van der Waals surface area contributed by atoms with Crippen LogP contribution >= 0.6 is 0 Å². The van der Waals surface area contributed by atoms with Crippen LogP contribution in [0.2, 0.25) is 0 Å². The van der Waals surface area contributed by atoms with Crippen LogP contribution in [0.1, 0.15) is 53.9 Å². The normalized spacial score (nSPS) is 11.3. The average Bonchev–Trinajstić information content (AvgIpc) is 2.28. The van der Waals surface area contributed by atoms with Gasteiger partial charge in [0.15, 0.2) is 0 Å². The quantitative estimate of drug-likeness (QED) is 0.610. The summed E-state index contributed by atoms with van der Waals surface area (Å²) in [4.78, 5) is 14.2. The van der Waals surface area contributed by atoms with Gasteiger partial charge in [0.1, 0.15) is 0 Å². The Balaban J connectivity index is 4.11. The summed E-state index contributed by atoms with van der Waals surface area (Å²) >= 11 is 0. The minimum Gasteiger partial charge on any atom is -0.343 e. The maximum absolute atomic E-state index is 12.1. The minimum absolute atomic E-state index is 0.303. The number of nitrogens with zero attached hydrogens (tertiary/aromatic N) is 1. The molecule has 0 spiro atoms. The number of hydrogen-bond donors (Lipinski definition) is 1. The summed E-state index contributed by atoms with van der Waals surface area (Å²) in [5.74, 6) is 1.62. The van der Waals surface area contributed by atoms with Crippen LogP contribution in [0.4, 0.5) is 0 Å². The van der Waals surface area contributed by atoms with Crippen LogP contribution in [-0.4, -0.2) is 37.0 Å². The first kappa shape index (κ1) is 17.4. The van der Waals surface area contributed by atoms with Crippen LogP contribution < -0.4 is 5.32 Å². The summed E-state index contributed by atoms with van der Waals surface area (Å²) in [6, 6.07) is 0. The molecule has 3 heteroatoms. The van der Waals surface area contributed by atoms with Crippen molar-refractivity contribution in [2.24, 2.45) is 11.8 Å². The van der Waals surface area contributed by atoms with E-state index in [2.05, 4.69) is 44.8 Å². The Hall–Kier alpha value is -0.570. The van der Waals surface area contributed by atoms with Crippen molar-refractivity contribution in [3.8, 4) is 0 Å². The molecule has 0 radical (unpaired) electrons. The van der Waals surface area contributed by atoms with E-state index in [4.69, 9.17) is 0 Å². The molecule has 108 valence electrons. The number of carbonyl (C=O) groups is 1. The summed E-state index contributed by atoms with van der Waals surface area (Å²) < 4.78 is 0. The maximum Gasteiger partial charge on any atom is 0.223 e. The molecule has 0 rings (SSSR count). The highest BCUT2D eigenvalue weighted by molar-refractivity contribution is 5.76. The molecule has 0 fully saturated rings. The average molecular weight is 256 g/mol. The Bertz CT molecular complexity index is 203. The third kappa shape index (κ3) is 9.46. The van der Waals surface area contributed by atoms with Crippen molar-refractivity contribution in [1.82, 2.24) is 10.2 Å². The van der Waals surface area contributed by atoms with E-state index in [-0.39, 0.29) is 0 Å². The molecule has 18 heavy (non-hydrogen) atoms. The molecule has 3 nitrogen and oxygen atoms in total. The molecule has 0 saturated heterocycles. The molecule has 0 aromatic rings. The maximum atomic E-state index is 12.1. The van der Waals surface area contributed by atoms with Crippen molar-refractivity contribution in [1.29, 1.82) is 0 Å². The lowest BCUT2D eigenvalue weighted by atomic mass is 10.1. The molecular weight excluding hydrogens is 224 g/mol. The highest BCUT2D eigenvalue weighted by Gasteiger charge is 2.13. The van der Waals surface area contributed by atoms with Gasteiger partial charge < -0.3 is 10.2 Å². The topological polar surface area (TPSA) is 32.3 Å². The van der Waals surface area contributed by atoms with E-state index < -0.39 is 0 Å². The van der Waals surface area contributed by atoms with Gasteiger partial charge in [0.2, 0.25) is 5.91 Å². The fraction of sp³-hybridized carbons (Fsp3) is 0.933. The second-order valence-electron chi connectivity index (χ2n) is 5.85. The monoisotopic (exact) mass is 256 g/mol. The van der Waals surface area contributed by atoms with E-state index in [0.717, 1.165) is 39.0 Å². The lowest BCUT2D eigenvalue weighted by Crippen LogP contribution is -2.35. The first-order valence-corrected chi connectivity index (χ1v) is 7.45. The Labute approximate surface area is 113 Å².